The largest absolute Gasteiger partial charge is 0.349 e. The molecule has 3 nitrogen and oxygen atoms in total. The minimum Gasteiger partial charge on any atom is -0.349 e. The van der Waals surface area contributed by atoms with Gasteiger partial charge in [-0.1, -0.05) is 24.3 Å². The van der Waals surface area contributed by atoms with E-state index in [9.17, 15) is 4.79 Å². The molecule has 19 heavy (non-hydrogen) atoms. The number of hydrogen-bond donors (Lipinski definition) is 1. The van der Waals surface area contributed by atoms with Crippen LogP contribution in [0.2, 0.25) is 0 Å². The van der Waals surface area contributed by atoms with Gasteiger partial charge in [0, 0.05) is 5.92 Å². The molecule has 1 aliphatic rings. The van der Waals surface area contributed by atoms with Crippen LogP contribution in [0.25, 0.3) is 10.2 Å². The van der Waals surface area contributed by atoms with Gasteiger partial charge < -0.3 is 5.32 Å². The Hall–Kier alpha value is -1.68. The third-order valence-corrected chi connectivity index (χ3v) is 4.43. The molecule has 1 aliphatic carbocycles. The summed E-state index contributed by atoms with van der Waals surface area (Å²) >= 11 is 1.65. The maximum Gasteiger partial charge on any atom is 0.223 e. The molecular formula is C15H16N2OS. The first-order valence-electron chi connectivity index (χ1n) is 6.60. The summed E-state index contributed by atoms with van der Waals surface area (Å²) in [5, 5.41) is 3.98. The summed E-state index contributed by atoms with van der Waals surface area (Å²) in [4.78, 5) is 16.5. The van der Waals surface area contributed by atoms with Gasteiger partial charge in [-0.3, -0.25) is 4.79 Å². The van der Waals surface area contributed by atoms with Gasteiger partial charge in [-0.15, -0.1) is 11.3 Å². The van der Waals surface area contributed by atoms with Crippen molar-refractivity contribution >= 4 is 27.5 Å². The molecule has 1 N–H and O–H groups in total. The maximum atomic E-state index is 12.0. The Balaban J connectivity index is 1.62. The molecule has 1 amide bonds. The van der Waals surface area contributed by atoms with Gasteiger partial charge >= 0.3 is 0 Å². The zero-order valence-electron chi connectivity index (χ0n) is 10.6. The minimum atomic E-state index is 0.138. The Kier molecular flexibility index (Phi) is 3.60. The van der Waals surface area contributed by atoms with E-state index in [4.69, 9.17) is 0 Å². The van der Waals surface area contributed by atoms with Crippen LogP contribution in [0, 0.1) is 5.92 Å². The molecule has 1 atom stereocenters. The number of rotatable bonds is 3. The van der Waals surface area contributed by atoms with Crippen molar-refractivity contribution in [1.29, 1.82) is 0 Å². The number of nitrogens with zero attached hydrogens (tertiary/aromatic N) is 1. The lowest BCUT2D eigenvalue weighted by atomic mass is 9.94. The molecule has 4 heteroatoms. The SMILES string of the molecule is O=C(NCc1nc2ccccc2s1)[C@@H]1CC=CCC1. The van der Waals surface area contributed by atoms with Crippen LogP contribution in [-0.4, -0.2) is 10.9 Å². The van der Waals surface area contributed by atoms with E-state index in [-0.39, 0.29) is 11.8 Å². The highest BCUT2D eigenvalue weighted by Crippen LogP contribution is 2.22. The number of para-hydroxylation sites is 1. The highest BCUT2D eigenvalue weighted by molar-refractivity contribution is 7.18. The van der Waals surface area contributed by atoms with Crippen LogP contribution in [0.4, 0.5) is 0 Å². The number of hydrogen-bond acceptors (Lipinski definition) is 3. The van der Waals surface area contributed by atoms with Gasteiger partial charge in [0.1, 0.15) is 5.01 Å². The number of allylic oxidation sites excluding steroid dienone is 2. The van der Waals surface area contributed by atoms with Gasteiger partial charge in [0.2, 0.25) is 5.91 Å². The van der Waals surface area contributed by atoms with Crippen molar-refractivity contribution in [2.24, 2.45) is 5.92 Å². The topological polar surface area (TPSA) is 42.0 Å². The first kappa shape index (κ1) is 12.4. The molecule has 0 spiro atoms. The predicted octanol–water partition coefficient (Wildman–Crippen LogP) is 3.27. The predicted molar refractivity (Wildman–Crippen MR) is 77.9 cm³/mol. The maximum absolute atomic E-state index is 12.0. The molecule has 0 bridgehead atoms. The lowest BCUT2D eigenvalue weighted by Crippen LogP contribution is -2.30. The molecule has 98 valence electrons. The third kappa shape index (κ3) is 2.84. The fourth-order valence-corrected chi connectivity index (χ4v) is 3.24. The molecule has 3 rings (SSSR count). The molecule has 0 saturated heterocycles. The number of thiazole rings is 1. The second-order valence-corrected chi connectivity index (χ2v) is 5.89. The lowest BCUT2D eigenvalue weighted by Gasteiger charge is -2.16. The summed E-state index contributed by atoms with van der Waals surface area (Å²) in [5.74, 6) is 0.294. The van der Waals surface area contributed by atoms with Crippen molar-refractivity contribution in [2.75, 3.05) is 0 Å². The quantitative estimate of drug-likeness (QED) is 0.871. The van der Waals surface area contributed by atoms with E-state index in [0.717, 1.165) is 29.8 Å². The average Bonchev–Trinajstić information content (AvgIpc) is 2.88. The second kappa shape index (κ2) is 5.53. The van der Waals surface area contributed by atoms with Crippen molar-refractivity contribution in [3.8, 4) is 0 Å². The molecule has 1 aromatic carbocycles. The summed E-state index contributed by atoms with van der Waals surface area (Å²) in [6.07, 6.45) is 7.09. The molecule has 0 unspecified atom stereocenters. The zero-order valence-corrected chi connectivity index (χ0v) is 11.5. The smallest absolute Gasteiger partial charge is 0.223 e. The van der Waals surface area contributed by atoms with E-state index < -0.39 is 0 Å². The molecule has 0 aliphatic heterocycles. The van der Waals surface area contributed by atoms with Crippen LogP contribution in [-0.2, 0) is 11.3 Å². The van der Waals surface area contributed by atoms with Gasteiger partial charge in [-0.2, -0.15) is 0 Å². The van der Waals surface area contributed by atoms with Gasteiger partial charge in [0.05, 0.1) is 16.8 Å². The van der Waals surface area contributed by atoms with Crippen molar-refractivity contribution < 1.29 is 4.79 Å². The summed E-state index contributed by atoms with van der Waals surface area (Å²) < 4.78 is 1.17. The number of carbonyl (C=O) groups is 1. The van der Waals surface area contributed by atoms with Crippen molar-refractivity contribution in [3.63, 3.8) is 0 Å². The van der Waals surface area contributed by atoms with Crippen LogP contribution >= 0.6 is 11.3 Å². The fourth-order valence-electron chi connectivity index (χ4n) is 2.33. The summed E-state index contributed by atoms with van der Waals surface area (Å²) in [5.41, 5.74) is 1.01. The van der Waals surface area contributed by atoms with Gasteiger partial charge in [-0.05, 0) is 31.4 Å². The average molecular weight is 272 g/mol. The van der Waals surface area contributed by atoms with Crippen LogP contribution < -0.4 is 5.32 Å². The molecule has 1 aromatic heterocycles. The van der Waals surface area contributed by atoms with Crippen molar-refractivity contribution in [1.82, 2.24) is 10.3 Å². The highest BCUT2D eigenvalue weighted by atomic mass is 32.1. The van der Waals surface area contributed by atoms with Crippen LogP contribution in [0.1, 0.15) is 24.3 Å². The van der Waals surface area contributed by atoms with Gasteiger partial charge in [0.25, 0.3) is 0 Å². The number of nitrogens with one attached hydrogen (secondary N) is 1. The summed E-state index contributed by atoms with van der Waals surface area (Å²) in [7, 11) is 0. The van der Waals surface area contributed by atoms with E-state index in [1.165, 1.54) is 4.70 Å². The molecule has 0 fully saturated rings. The first-order chi connectivity index (χ1) is 9.33. The monoisotopic (exact) mass is 272 g/mol. The van der Waals surface area contributed by atoms with Gasteiger partial charge in [0.15, 0.2) is 0 Å². The molecule has 0 saturated carbocycles. The van der Waals surface area contributed by atoms with Gasteiger partial charge in [-0.25, -0.2) is 4.98 Å². The summed E-state index contributed by atoms with van der Waals surface area (Å²) in [6.45, 7) is 0.540. The molecule has 1 heterocycles. The zero-order chi connectivity index (χ0) is 13.1. The normalized spacial score (nSPS) is 18.6. The number of fused-ring (bicyclic) bond motifs is 1. The van der Waals surface area contributed by atoms with Crippen molar-refractivity contribution in [3.05, 3.63) is 41.4 Å². The van der Waals surface area contributed by atoms with E-state index >= 15 is 0 Å². The van der Waals surface area contributed by atoms with E-state index in [1.54, 1.807) is 11.3 Å². The standard InChI is InChI=1S/C15H16N2OS/c18-15(11-6-2-1-3-7-11)16-10-14-17-12-8-4-5-9-13(12)19-14/h1-2,4-5,8-9,11H,3,6-7,10H2,(H,16,18)/t11-/m1/s1. The second-order valence-electron chi connectivity index (χ2n) is 4.77. The van der Waals surface area contributed by atoms with E-state index in [0.29, 0.717) is 6.54 Å². The lowest BCUT2D eigenvalue weighted by molar-refractivity contribution is -0.125. The Bertz CT molecular complexity index is 584. The molecule has 0 radical (unpaired) electrons. The Morgan fingerprint density at radius 2 is 2.26 bits per heavy atom. The fraction of sp³-hybridized carbons (Fsp3) is 0.333. The number of amides is 1. The molecular weight excluding hydrogens is 256 g/mol. The van der Waals surface area contributed by atoms with Crippen LogP contribution in [0.3, 0.4) is 0 Å². The Morgan fingerprint density at radius 1 is 1.37 bits per heavy atom. The Morgan fingerprint density at radius 3 is 3.05 bits per heavy atom. The molecule has 2 aromatic rings. The highest BCUT2D eigenvalue weighted by Gasteiger charge is 2.18. The van der Waals surface area contributed by atoms with E-state index in [1.807, 2.05) is 18.2 Å². The Labute approximate surface area is 116 Å². The summed E-state index contributed by atoms with van der Waals surface area (Å²) in [6, 6.07) is 8.06. The third-order valence-electron chi connectivity index (χ3n) is 3.39. The number of carbonyl (C=O) groups excluding carboxylic acids is 1. The number of benzene rings is 1. The van der Waals surface area contributed by atoms with Crippen molar-refractivity contribution in [2.45, 2.75) is 25.8 Å². The van der Waals surface area contributed by atoms with Crippen LogP contribution in [0.5, 0.6) is 0 Å². The van der Waals surface area contributed by atoms with E-state index in [2.05, 4.69) is 28.5 Å². The van der Waals surface area contributed by atoms with Crippen LogP contribution in [0.15, 0.2) is 36.4 Å². The number of aromatic nitrogens is 1. The minimum absolute atomic E-state index is 0.138. The first-order valence-corrected chi connectivity index (χ1v) is 7.42.